The van der Waals surface area contributed by atoms with E-state index in [0.29, 0.717) is 23.1 Å². The molecule has 0 spiro atoms. The van der Waals surface area contributed by atoms with Gasteiger partial charge in [0.15, 0.2) is 15.6 Å². The summed E-state index contributed by atoms with van der Waals surface area (Å²) < 4.78 is 31.4. The number of benzene rings is 3. The lowest BCUT2D eigenvalue weighted by molar-refractivity contribution is -0.133. The second-order valence-electron chi connectivity index (χ2n) is 10.0. The second kappa shape index (κ2) is 13.5. The molecule has 1 N–H and O–H groups in total. The van der Waals surface area contributed by atoms with E-state index in [1.54, 1.807) is 54.6 Å². The van der Waals surface area contributed by atoms with E-state index in [0.717, 1.165) is 16.2 Å². The molecule has 4 rings (SSSR count). The van der Waals surface area contributed by atoms with Crippen LogP contribution < -0.4 is 10.2 Å². The summed E-state index contributed by atoms with van der Waals surface area (Å²) in [7, 11) is -2.93. The zero-order valence-electron chi connectivity index (χ0n) is 24.3. The molecule has 1 atom stereocenters. The number of thioether (sulfide) groups is 1. The summed E-state index contributed by atoms with van der Waals surface area (Å²) in [5, 5.41) is -0.552. The SMILES string of the molecule is COc1ccc(S(=O)(=O)N(Cc2ccccc2)NC(=O)[C@@](CCCN2C(=O)c3ccccc3C2=O)(SC(C)=O)C(C)=O)cc1. The summed E-state index contributed by atoms with van der Waals surface area (Å²) in [5.41, 5.74) is 3.46. The molecule has 3 aromatic carbocycles. The van der Waals surface area contributed by atoms with Crippen molar-refractivity contribution in [3.63, 3.8) is 0 Å². The van der Waals surface area contributed by atoms with Crippen LogP contribution in [0.25, 0.3) is 0 Å². The maximum atomic E-state index is 14.0. The molecule has 0 aliphatic carbocycles. The molecule has 0 saturated carbocycles. The molecule has 1 aliphatic rings. The van der Waals surface area contributed by atoms with E-state index in [9.17, 15) is 32.4 Å². The molecule has 0 saturated heterocycles. The summed E-state index contributed by atoms with van der Waals surface area (Å²) in [6.45, 7) is 1.92. The van der Waals surface area contributed by atoms with Crippen molar-refractivity contribution in [2.24, 2.45) is 0 Å². The van der Waals surface area contributed by atoms with Crippen LogP contribution in [0.2, 0.25) is 0 Å². The van der Waals surface area contributed by atoms with Crippen LogP contribution in [0, 0.1) is 0 Å². The molecule has 1 heterocycles. The van der Waals surface area contributed by atoms with Crippen LogP contribution in [0.1, 0.15) is 53.0 Å². The maximum Gasteiger partial charge on any atom is 0.261 e. The molecule has 0 radical (unpaired) electrons. The molecule has 44 heavy (non-hydrogen) atoms. The number of nitrogens with one attached hydrogen (secondary N) is 1. The lowest BCUT2D eigenvalue weighted by Crippen LogP contribution is -2.56. The van der Waals surface area contributed by atoms with Gasteiger partial charge >= 0.3 is 0 Å². The minimum atomic E-state index is -4.37. The maximum absolute atomic E-state index is 14.0. The van der Waals surface area contributed by atoms with E-state index in [1.807, 2.05) is 0 Å². The number of sulfonamides is 1. The summed E-state index contributed by atoms with van der Waals surface area (Å²) in [4.78, 5) is 66.0. The van der Waals surface area contributed by atoms with E-state index >= 15 is 0 Å². The van der Waals surface area contributed by atoms with E-state index in [2.05, 4.69) is 5.43 Å². The summed E-state index contributed by atoms with van der Waals surface area (Å²) >= 11 is 0.467. The van der Waals surface area contributed by atoms with Crippen molar-refractivity contribution in [1.29, 1.82) is 0 Å². The molecular weight excluding hydrogens is 606 g/mol. The van der Waals surface area contributed by atoms with Crippen LogP contribution in [-0.2, 0) is 31.0 Å². The molecule has 11 nitrogen and oxygen atoms in total. The van der Waals surface area contributed by atoms with Crippen molar-refractivity contribution >= 4 is 50.4 Å². The highest BCUT2D eigenvalue weighted by Gasteiger charge is 2.47. The van der Waals surface area contributed by atoms with Crippen molar-refractivity contribution < 1.29 is 37.1 Å². The first-order valence-corrected chi connectivity index (χ1v) is 15.8. The van der Waals surface area contributed by atoms with Gasteiger partial charge < -0.3 is 4.74 Å². The number of carbonyl (C=O) groups excluding carboxylic acids is 5. The number of fused-ring (bicyclic) bond motifs is 1. The largest absolute Gasteiger partial charge is 0.497 e. The Hall–Kier alpha value is -4.33. The van der Waals surface area contributed by atoms with Gasteiger partial charge in [0.25, 0.3) is 27.7 Å². The molecule has 0 aromatic heterocycles. The van der Waals surface area contributed by atoms with Gasteiger partial charge in [-0.3, -0.25) is 34.3 Å². The van der Waals surface area contributed by atoms with Crippen LogP contribution in [0.5, 0.6) is 5.75 Å². The van der Waals surface area contributed by atoms with Crippen LogP contribution in [0.3, 0.4) is 0 Å². The average Bonchev–Trinajstić information content (AvgIpc) is 3.25. The average molecular weight is 638 g/mol. The summed E-state index contributed by atoms with van der Waals surface area (Å²) in [6, 6.07) is 20.4. The van der Waals surface area contributed by atoms with Gasteiger partial charge in [-0.2, -0.15) is 0 Å². The zero-order valence-corrected chi connectivity index (χ0v) is 25.9. The number of hydrogen-bond acceptors (Lipinski definition) is 9. The predicted molar refractivity (Wildman–Crippen MR) is 163 cm³/mol. The number of nitrogens with zero attached hydrogens (tertiary/aromatic N) is 2. The van der Waals surface area contributed by atoms with Gasteiger partial charge in [-0.15, -0.1) is 4.41 Å². The van der Waals surface area contributed by atoms with E-state index in [1.165, 1.54) is 38.3 Å². The minimum Gasteiger partial charge on any atom is -0.497 e. The highest BCUT2D eigenvalue weighted by atomic mass is 32.2. The van der Waals surface area contributed by atoms with Gasteiger partial charge in [0.1, 0.15) is 5.75 Å². The molecule has 0 bridgehead atoms. The first-order chi connectivity index (χ1) is 20.9. The Morgan fingerprint density at radius 1 is 0.886 bits per heavy atom. The smallest absolute Gasteiger partial charge is 0.261 e. The fraction of sp³-hybridized carbons (Fsp3) is 0.258. The Morgan fingerprint density at radius 2 is 1.45 bits per heavy atom. The Morgan fingerprint density at radius 3 is 1.98 bits per heavy atom. The fourth-order valence-corrected chi connectivity index (χ4v) is 7.08. The first kappa shape index (κ1) is 32.6. The van der Waals surface area contributed by atoms with Gasteiger partial charge in [0.2, 0.25) is 0 Å². The third-order valence-electron chi connectivity index (χ3n) is 7.08. The van der Waals surface area contributed by atoms with E-state index in [-0.39, 0.29) is 42.0 Å². The van der Waals surface area contributed by atoms with Crippen molar-refractivity contribution in [2.75, 3.05) is 13.7 Å². The fourth-order valence-electron chi connectivity index (χ4n) is 4.80. The lowest BCUT2D eigenvalue weighted by Gasteiger charge is -2.32. The van der Waals surface area contributed by atoms with Crippen molar-refractivity contribution in [3.8, 4) is 5.75 Å². The number of amides is 3. The Labute approximate surface area is 259 Å². The van der Waals surface area contributed by atoms with Gasteiger partial charge in [0.05, 0.1) is 29.7 Å². The standard InChI is InChI=1S/C31H31N3O8S2/c1-21(35)31(43-22(2)36,18-9-19-33-28(37)26-12-7-8-13-27(26)29(33)38)30(39)32-34(20-23-10-5-4-6-11-23)44(40,41)25-16-14-24(42-3)15-17-25/h4-8,10-17H,9,18-20H2,1-3H3,(H,32,39)/t31-/m0/s1. The molecule has 230 valence electrons. The number of rotatable bonds is 13. The monoisotopic (exact) mass is 637 g/mol. The van der Waals surface area contributed by atoms with Crippen LogP contribution in [0.4, 0.5) is 0 Å². The molecule has 13 heteroatoms. The highest BCUT2D eigenvalue weighted by Crippen LogP contribution is 2.34. The minimum absolute atomic E-state index is 0.0112. The number of imide groups is 1. The number of carbonyl (C=O) groups is 5. The molecule has 0 unspecified atom stereocenters. The van der Waals surface area contributed by atoms with Gasteiger partial charge in [-0.25, -0.2) is 8.42 Å². The highest BCUT2D eigenvalue weighted by molar-refractivity contribution is 8.16. The predicted octanol–water partition coefficient (Wildman–Crippen LogP) is 3.60. The normalized spacial score (nSPS) is 14.2. The van der Waals surface area contributed by atoms with Crippen LogP contribution in [0.15, 0.2) is 83.8 Å². The molecule has 0 fully saturated rings. The van der Waals surface area contributed by atoms with E-state index < -0.39 is 43.4 Å². The Balaban J connectivity index is 1.63. The number of Topliss-reactive ketones (excluding diaryl/α,β-unsaturated/α-hetero) is 1. The van der Waals surface area contributed by atoms with Crippen molar-refractivity contribution in [1.82, 2.24) is 14.7 Å². The van der Waals surface area contributed by atoms with Crippen molar-refractivity contribution in [2.45, 2.75) is 42.9 Å². The zero-order chi connectivity index (χ0) is 32.1. The topological polar surface area (TPSA) is 147 Å². The first-order valence-electron chi connectivity index (χ1n) is 13.6. The number of hydrogen-bond donors (Lipinski definition) is 1. The van der Waals surface area contributed by atoms with Gasteiger partial charge in [-0.1, -0.05) is 54.2 Å². The number of ketones is 1. The van der Waals surface area contributed by atoms with E-state index in [4.69, 9.17) is 4.74 Å². The number of ether oxygens (including phenoxy) is 1. The Kier molecular flexibility index (Phi) is 10.0. The molecule has 3 amide bonds. The Bertz CT molecular complexity index is 1660. The van der Waals surface area contributed by atoms with Crippen LogP contribution >= 0.6 is 11.8 Å². The third kappa shape index (κ3) is 6.74. The lowest BCUT2D eigenvalue weighted by atomic mass is 9.96. The van der Waals surface area contributed by atoms with Crippen LogP contribution in [-0.4, -0.2) is 64.8 Å². The molecular formula is C31H31N3O8S2. The van der Waals surface area contributed by atoms with Gasteiger partial charge in [0, 0.05) is 13.5 Å². The van der Waals surface area contributed by atoms with Gasteiger partial charge in [-0.05, 0) is 61.7 Å². The molecule has 3 aromatic rings. The third-order valence-corrected chi connectivity index (χ3v) is 10.1. The van der Waals surface area contributed by atoms with Crippen molar-refractivity contribution in [3.05, 3.63) is 95.6 Å². The molecule has 1 aliphatic heterocycles. The summed E-state index contributed by atoms with van der Waals surface area (Å²) in [5.74, 6) is -2.29. The number of hydrazine groups is 1. The second-order valence-corrected chi connectivity index (χ2v) is 13.3. The summed E-state index contributed by atoms with van der Waals surface area (Å²) in [6.07, 6.45) is -0.268. The number of methoxy groups -OCH3 is 1. The quantitative estimate of drug-likeness (QED) is 0.169.